The van der Waals surface area contributed by atoms with Crippen molar-refractivity contribution in [1.29, 1.82) is 0 Å². The van der Waals surface area contributed by atoms with Crippen LogP contribution in [0.2, 0.25) is 0 Å². The van der Waals surface area contributed by atoms with Crippen LogP contribution in [-0.4, -0.2) is 43.3 Å². The van der Waals surface area contributed by atoms with Gasteiger partial charge in [-0.05, 0) is 48.6 Å². The molecule has 2 N–H and O–H groups in total. The first kappa shape index (κ1) is 21.2. The molecule has 1 aromatic carbocycles. The van der Waals surface area contributed by atoms with E-state index in [1.54, 1.807) is 6.20 Å². The van der Waals surface area contributed by atoms with E-state index in [0.717, 1.165) is 42.5 Å². The first-order valence-electron chi connectivity index (χ1n) is 9.42. The van der Waals surface area contributed by atoms with Gasteiger partial charge in [-0.3, -0.25) is 9.48 Å². The molecule has 1 fully saturated rings. The van der Waals surface area contributed by atoms with Crippen LogP contribution >= 0.6 is 11.8 Å². The summed E-state index contributed by atoms with van der Waals surface area (Å²) in [5.41, 5.74) is -1.46. The van der Waals surface area contributed by atoms with Crippen molar-refractivity contribution in [2.45, 2.75) is 25.1 Å². The van der Waals surface area contributed by atoms with Crippen molar-refractivity contribution >= 4 is 40.2 Å². The number of hydrogen-bond acceptors (Lipinski definition) is 5. The van der Waals surface area contributed by atoms with E-state index in [1.165, 1.54) is 12.1 Å². The molecule has 0 spiro atoms. The van der Waals surface area contributed by atoms with Crippen molar-refractivity contribution in [3.8, 4) is 0 Å². The third kappa shape index (κ3) is 4.50. The van der Waals surface area contributed by atoms with Crippen LogP contribution in [0.1, 0.15) is 45.4 Å². The second-order valence-corrected chi connectivity index (χ2v) is 8.30. The third-order valence-electron chi connectivity index (χ3n) is 4.98. The molecule has 31 heavy (non-hydrogen) atoms. The molecule has 1 saturated heterocycles. The van der Waals surface area contributed by atoms with Crippen LogP contribution in [0.5, 0.6) is 0 Å². The van der Waals surface area contributed by atoms with E-state index in [1.807, 2.05) is 16.4 Å². The van der Waals surface area contributed by atoms with Gasteiger partial charge < -0.3 is 10.4 Å². The number of aromatic nitrogens is 3. The van der Waals surface area contributed by atoms with Gasteiger partial charge in [0.15, 0.2) is 0 Å². The maximum Gasteiger partial charge on any atom is 0.433 e. The quantitative estimate of drug-likeness (QED) is 0.609. The number of benzene rings is 1. The third-order valence-corrected chi connectivity index (χ3v) is 6.03. The second kappa shape index (κ2) is 8.22. The number of carbonyl (C=O) groups is 2. The number of aromatic carboxylic acids is 1. The lowest BCUT2D eigenvalue weighted by Crippen LogP contribution is -2.18. The van der Waals surface area contributed by atoms with E-state index in [0.29, 0.717) is 10.9 Å². The summed E-state index contributed by atoms with van der Waals surface area (Å²) < 4.78 is 40.4. The lowest BCUT2D eigenvalue weighted by molar-refractivity contribution is -0.141. The van der Waals surface area contributed by atoms with Crippen molar-refractivity contribution in [1.82, 2.24) is 14.8 Å². The van der Waals surface area contributed by atoms with Crippen LogP contribution in [0.4, 0.5) is 18.9 Å². The van der Waals surface area contributed by atoms with Gasteiger partial charge in [-0.2, -0.15) is 30.0 Å². The Labute approximate surface area is 178 Å². The van der Waals surface area contributed by atoms with Crippen LogP contribution in [0.3, 0.4) is 0 Å². The Balaban J connectivity index is 1.66. The van der Waals surface area contributed by atoms with Gasteiger partial charge in [0.1, 0.15) is 11.4 Å². The number of nitrogens with one attached hydrogen (secondary N) is 1. The summed E-state index contributed by atoms with van der Waals surface area (Å²) in [5.74, 6) is -0.193. The minimum atomic E-state index is -4.70. The molecule has 1 aliphatic rings. The van der Waals surface area contributed by atoms with Crippen molar-refractivity contribution in [2.75, 3.05) is 16.8 Å². The molecule has 1 amide bonds. The number of carbonyl (C=O) groups excluding carboxylic acids is 1. The van der Waals surface area contributed by atoms with E-state index < -0.39 is 29.4 Å². The normalized spacial score (nSPS) is 15.2. The monoisotopic (exact) mass is 450 g/mol. The lowest BCUT2D eigenvalue weighted by Gasteiger charge is -2.21. The lowest BCUT2D eigenvalue weighted by atomic mass is 10.1. The number of fused-ring (bicyclic) bond motifs is 1. The first-order chi connectivity index (χ1) is 14.7. The maximum absolute atomic E-state index is 12.9. The number of pyridine rings is 1. The standard InChI is InChI=1S/C20H17F3N4O3S/c21-20(22,23)17-3-1-2-14(24-17)18(28)25-16-8-11-10-27(12-4-6-31-7-5-12)26-15(11)9-13(16)19(29)30/h1-3,8-10,12H,4-7H2,(H,25,28)(H,29,30). The number of thioether (sulfide) groups is 1. The molecule has 0 radical (unpaired) electrons. The molecular formula is C20H17F3N4O3S. The summed E-state index contributed by atoms with van der Waals surface area (Å²) in [7, 11) is 0. The number of halogens is 3. The van der Waals surface area contributed by atoms with Gasteiger partial charge >= 0.3 is 12.1 Å². The molecule has 0 bridgehead atoms. The van der Waals surface area contributed by atoms with E-state index in [-0.39, 0.29) is 17.3 Å². The van der Waals surface area contributed by atoms with Crippen molar-refractivity contribution in [3.63, 3.8) is 0 Å². The number of carboxylic acids is 1. The Morgan fingerprint density at radius 3 is 2.61 bits per heavy atom. The number of carboxylic acid groups (broad SMARTS) is 1. The first-order valence-corrected chi connectivity index (χ1v) is 10.6. The van der Waals surface area contributed by atoms with Gasteiger partial charge in [-0.1, -0.05) is 6.07 Å². The summed E-state index contributed by atoms with van der Waals surface area (Å²) in [6.45, 7) is 0. The molecule has 11 heteroatoms. The largest absolute Gasteiger partial charge is 0.478 e. The zero-order valence-electron chi connectivity index (χ0n) is 16.0. The van der Waals surface area contributed by atoms with Crippen LogP contribution in [0.25, 0.3) is 10.9 Å². The van der Waals surface area contributed by atoms with E-state index in [9.17, 15) is 27.9 Å². The summed E-state index contributed by atoms with van der Waals surface area (Å²) in [4.78, 5) is 27.6. The van der Waals surface area contributed by atoms with Crippen molar-refractivity contribution in [3.05, 3.63) is 53.5 Å². The Kier molecular flexibility index (Phi) is 5.61. The predicted octanol–water partition coefficient (Wildman–Crippen LogP) is 4.47. The van der Waals surface area contributed by atoms with Gasteiger partial charge in [0.25, 0.3) is 5.91 Å². The number of amides is 1. The number of nitrogens with zero attached hydrogens (tertiary/aromatic N) is 3. The van der Waals surface area contributed by atoms with Gasteiger partial charge in [0, 0.05) is 11.6 Å². The number of rotatable bonds is 4. The summed E-state index contributed by atoms with van der Waals surface area (Å²) >= 11 is 1.87. The molecular weight excluding hydrogens is 433 g/mol. The molecule has 0 unspecified atom stereocenters. The van der Waals surface area contributed by atoms with Gasteiger partial charge in [0.05, 0.1) is 22.8 Å². The Bertz CT molecular complexity index is 1160. The van der Waals surface area contributed by atoms with Crippen LogP contribution in [-0.2, 0) is 6.18 Å². The SMILES string of the molecule is O=C(Nc1cc2cn(C3CCSCC3)nc2cc1C(=O)O)c1cccc(C(F)(F)F)n1. The van der Waals surface area contributed by atoms with Crippen LogP contribution in [0, 0.1) is 0 Å². The summed E-state index contributed by atoms with van der Waals surface area (Å²) in [5, 5.41) is 17.1. The molecule has 3 heterocycles. The average molecular weight is 450 g/mol. The predicted molar refractivity (Wildman–Crippen MR) is 109 cm³/mol. The van der Waals surface area contributed by atoms with Gasteiger partial charge in [-0.25, -0.2) is 9.78 Å². The highest BCUT2D eigenvalue weighted by atomic mass is 32.2. The van der Waals surface area contributed by atoms with Crippen LogP contribution < -0.4 is 5.32 Å². The minimum absolute atomic E-state index is 0.0389. The summed E-state index contributed by atoms with van der Waals surface area (Å²) in [6.07, 6.45) is -1.00. The summed E-state index contributed by atoms with van der Waals surface area (Å²) in [6, 6.07) is 5.98. The highest BCUT2D eigenvalue weighted by Gasteiger charge is 2.33. The number of alkyl halides is 3. The molecule has 0 saturated carbocycles. The second-order valence-electron chi connectivity index (χ2n) is 7.07. The molecule has 0 atom stereocenters. The fourth-order valence-corrected chi connectivity index (χ4v) is 4.49. The zero-order chi connectivity index (χ0) is 22.2. The molecule has 7 nitrogen and oxygen atoms in total. The Hall–Kier alpha value is -3.08. The van der Waals surface area contributed by atoms with Crippen molar-refractivity contribution < 1.29 is 27.9 Å². The van der Waals surface area contributed by atoms with Crippen LogP contribution in [0.15, 0.2) is 36.5 Å². The topological polar surface area (TPSA) is 97.1 Å². The highest BCUT2D eigenvalue weighted by Crippen LogP contribution is 2.31. The maximum atomic E-state index is 12.9. The molecule has 4 rings (SSSR count). The fraction of sp³-hybridized carbons (Fsp3) is 0.300. The molecule has 162 valence electrons. The van der Waals surface area contributed by atoms with Gasteiger partial charge in [0.2, 0.25) is 0 Å². The molecule has 2 aromatic heterocycles. The van der Waals surface area contributed by atoms with E-state index in [2.05, 4.69) is 15.4 Å². The van der Waals surface area contributed by atoms with Gasteiger partial charge in [-0.15, -0.1) is 0 Å². The Morgan fingerprint density at radius 2 is 1.94 bits per heavy atom. The highest BCUT2D eigenvalue weighted by molar-refractivity contribution is 7.99. The van der Waals surface area contributed by atoms with E-state index >= 15 is 0 Å². The zero-order valence-corrected chi connectivity index (χ0v) is 16.8. The molecule has 0 aliphatic carbocycles. The fourth-order valence-electron chi connectivity index (χ4n) is 3.41. The molecule has 1 aliphatic heterocycles. The molecule has 3 aromatic rings. The smallest absolute Gasteiger partial charge is 0.433 e. The Morgan fingerprint density at radius 1 is 1.19 bits per heavy atom. The minimum Gasteiger partial charge on any atom is -0.478 e. The number of anilines is 1. The van der Waals surface area contributed by atoms with Crippen molar-refractivity contribution in [2.24, 2.45) is 0 Å². The average Bonchev–Trinajstić information content (AvgIpc) is 3.16. The van der Waals surface area contributed by atoms with E-state index in [4.69, 9.17) is 0 Å². The number of hydrogen-bond donors (Lipinski definition) is 2.